The number of likely N-dealkylation sites (tertiary alicyclic amines) is 1. The minimum absolute atomic E-state index is 0.0791. The highest BCUT2D eigenvalue weighted by atomic mass is 16.2. The first kappa shape index (κ1) is 14.8. The van der Waals surface area contributed by atoms with Crippen LogP contribution in [0.1, 0.15) is 31.2 Å². The van der Waals surface area contributed by atoms with E-state index < -0.39 is 0 Å². The second-order valence-electron chi connectivity index (χ2n) is 5.91. The van der Waals surface area contributed by atoms with Crippen molar-refractivity contribution in [2.75, 3.05) is 31.1 Å². The summed E-state index contributed by atoms with van der Waals surface area (Å²) in [6.07, 6.45) is 5.64. The predicted octanol–water partition coefficient (Wildman–Crippen LogP) is 0.920. The van der Waals surface area contributed by atoms with Gasteiger partial charge in [-0.3, -0.25) is 9.59 Å². The number of hydrogen-bond donors (Lipinski definition) is 1. The van der Waals surface area contributed by atoms with E-state index in [9.17, 15) is 9.59 Å². The standard InChI is InChI=1S/C16H22N4O2/c21-15(12-20-9-3-4-16(20)22)18-11-13-5-6-17-14(10-13)19-7-1-2-8-19/h5-6,10H,1-4,7-9,11-12H2,(H,18,21). The zero-order valence-corrected chi connectivity index (χ0v) is 12.8. The number of hydrogen-bond acceptors (Lipinski definition) is 4. The fraction of sp³-hybridized carbons (Fsp3) is 0.562. The molecule has 3 heterocycles. The van der Waals surface area contributed by atoms with Gasteiger partial charge in [-0.1, -0.05) is 0 Å². The number of rotatable bonds is 5. The topological polar surface area (TPSA) is 65.5 Å². The van der Waals surface area contributed by atoms with Crippen molar-refractivity contribution < 1.29 is 9.59 Å². The van der Waals surface area contributed by atoms with Gasteiger partial charge in [-0.15, -0.1) is 0 Å². The highest BCUT2D eigenvalue weighted by Crippen LogP contribution is 2.18. The summed E-state index contributed by atoms with van der Waals surface area (Å²) in [7, 11) is 0. The summed E-state index contributed by atoms with van der Waals surface area (Å²) in [5, 5.41) is 2.89. The van der Waals surface area contributed by atoms with Crippen molar-refractivity contribution in [3.8, 4) is 0 Å². The van der Waals surface area contributed by atoms with Gasteiger partial charge in [0.05, 0.1) is 6.54 Å². The lowest BCUT2D eigenvalue weighted by Crippen LogP contribution is -2.37. The van der Waals surface area contributed by atoms with Gasteiger partial charge in [0.25, 0.3) is 0 Å². The van der Waals surface area contributed by atoms with Crippen molar-refractivity contribution in [1.29, 1.82) is 0 Å². The molecular formula is C16H22N4O2. The molecule has 2 fully saturated rings. The van der Waals surface area contributed by atoms with E-state index >= 15 is 0 Å². The Morgan fingerprint density at radius 3 is 2.77 bits per heavy atom. The second-order valence-corrected chi connectivity index (χ2v) is 5.91. The van der Waals surface area contributed by atoms with Gasteiger partial charge in [-0.2, -0.15) is 0 Å². The van der Waals surface area contributed by atoms with E-state index in [2.05, 4.69) is 15.2 Å². The van der Waals surface area contributed by atoms with Crippen LogP contribution in [-0.2, 0) is 16.1 Å². The van der Waals surface area contributed by atoms with E-state index in [1.807, 2.05) is 12.1 Å². The number of anilines is 1. The van der Waals surface area contributed by atoms with Gasteiger partial charge in [-0.25, -0.2) is 4.98 Å². The first-order chi connectivity index (χ1) is 10.7. The van der Waals surface area contributed by atoms with Crippen LogP contribution < -0.4 is 10.2 Å². The molecule has 6 nitrogen and oxygen atoms in total. The molecule has 0 radical (unpaired) electrons. The van der Waals surface area contributed by atoms with Crippen molar-refractivity contribution in [3.63, 3.8) is 0 Å². The molecule has 2 saturated heterocycles. The average molecular weight is 302 g/mol. The molecule has 2 aliphatic heterocycles. The molecule has 0 spiro atoms. The molecule has 1 aromatic rings. The molecule has 118 valence electrons. The summed E-state index contributed by atoms with van der Waals surface area (Å²) in [5.41, 5.74) is 1.04. The van der Waals surface area contributed by atoms with Crippen molar-refractivity contribution >= 4 is 17.6 Å². The summed E-state index contributed by atoms with van der Waals surface area (Å²) in [4.78, 5) is 31.7. The third-order valence-electron chi connectivity index (χ3n) is 4.24. The Balaban J connectivity index is 1.51. The monoisotopic (exact) mass is 302 g/mol. The van der Waals surface area contributed by atoms with Gasteiger partial charge in [0.15, 0.2) is 0 Å². The van der Waals surface area contributed by atoms with Crippen molar-refractivity contribution in [2.45, 2.75) is 32.2 Å². The average Bonchev–Trinajstić information content (AvgIpc) is 3.18. The molecule has 3 rings (SSSR count). The van der Waals surface area contributed by atoms with Gasteiger partial charge < -0.3 is 15.1 Å². The summed E-state index contributed by atoms with van der Waals surface area (Å²) in [5.74, 6) is 0.962. The molecule has 0 bridgehead atoms. The fourth-order valence-corrected chi connectivity index (χ4v) is 2.99. The van der Waals surface area contributed by atoms with Crippen LogP contribution in [-0.4, -0.2) is 47.9 Å². The molecule has 0 aliphatic carbocycles. The zero-order chi connectivity index (χ0) is 15.4. The Labute approximate surface area is 130 Å². The van der Waals surface area contributed by atoms with E-state index in [-0.39, 0.29) is 18.4 Å². The summed E-state index contributed by atoms with van der Waals surface area (Å²) in [6, 6.07) is 3.95. The largest absolute Gasteiger partial charge is 0.357 e. The Morgan fingerprint density at radius 1 is 1.23 bits per heavy atom. The normalized spacial score (nSPS) is 18.1. The lowest BCUT2D eigenvalue weighted by Gasteiger charge is -2.17. The first-order valence-electron chi connectivity index (χ1n) is 7.97. The summed E-state index contributed by atoms with van der Waals surface area (Å²) in [6.45, 7) is 3.45. The summed E-state index contributed by atoms with van der Waals surface area (Å²) >= 11 is 0. The SMILES string of the molecule is O=C(CN1CCCC1=O)NCc1ccnc(N2CCCC2)c1. The third-order valence-corrected chi connectivity index (χ3v) is 4.24. The van der Waals surface area contributed by atoms with Crippen LogP contribution in [0.15, 0.2) is 18.3 Å². The van der Waals surface area contributed by atoms with E-state index in [1.54, 1.807) is 11.1 Å². The van der Waals surface area contributed by atoms with Crippen molar-refractivity contribution in [3.05, 3.63) is 23.9 Å². The van der Waals surface area contributed by atoms with Gasteiger partial charge in [0, 0.05) is 38.8 Å². The number of aromatic nitrogens is 1. The molecule has 0 atom stereocenters. The molecule has 2 amide bonds. The third kappa shape index (κ3) is 3.55. The lowest BCUT2D eigenvalue weighted by molar-refractivity contribution is -0.133. The van der Waals surface area contributed by atoms with Gasteiger partial charge >= 0.3 is 0 Å². The smallest absolute Gasteiger partial charge is 0.239 e. The molecule has 6 heteroatoms. The maximum absolute atomic E-state index is 11.9. The molecule has 1 aromatic heterocycles. The number of amides is 2. The second kappa shape index (κ2) is 6.77. The molecular weight excluding hydrogens is 280 g/mol. The highest BCUT2D eigenvalue weighted by molar-refractivity contribution is 5.85. The Hall–Kier alpha value is -2.11. The highest BCUT2D eigenvalue weighted by Gasteiger charge is 2.22. The predicted molar refractivity (Wildman–Crippen MR) is 83.3 cm³/mol. The molecule has 0 aromatic carbocycles. The van der Waals surface area contributed by atoms with E-state index in [1.165, 1.54) is 12.8 Å². The molecule has 22 heavy (non-hydrogen) atoms. The fourth-order valence-electron chi connectivity index (χ4n) is 2.99. The minimum Gasteiger partial charge on any atom is -0.357 e. The zero-order valence-electron chi connectivity index (χ0n) is 12.8. The van der Waals surface area contributed by atoms with E-state index in [0.29, 0.717) is 19.5 Å². The molecule has 1 N–H and O–H groups in total. The van der Waals surface area contributed by atoms with Crippen LogP contribution in [0.2, 0.25) is 0 Å². The molecule has 2 aliphatic rings. The Bertz CT molecular complexity index is 555. The van der Waals surface area contributed by atoms with Crippen LogP contribution in [0.5, 0.6) is 0 Å². The van der Waals surface area contributed by atoms with Crippen LogP contribution in [0, 0.1) is 0 Å². The lowest BCUT2D eigenvalue weighted by atomic mass is 10.2. The van der Waals surface area contributed by atoms with E-state index in [4.69, 9.17) is 0 Å². The Kier molecular flexibility index (Phi) is 4.56. The first-order valence-corrected chi connectivity index (χ1v) is 7.97. The van der Waals surface area contributed by atoms with Crippen LogP contribution >= 0.6 is 0 Å². The quantitative estimate of drug-likeness (QED) is 0.878. The van der Waals surface area contributed by atoms with Crippen LogP contribution in [0.4, 0.5) is 5.82 Å². The number of carbonyl (C=O) groups excluding carboxylic acids is 2. The molecule has 0 unspecified atom stereocenters. The number of carbonyl (C=O) groups is 2. The summed E-state index contributed by atoms with van der Waals surface area (Å²) < 4.78 is 0. The van der Waals surface area contributed by atoms with Gasteiger partial charge in [0.1, 0.15) is 5.82 Å². The number of nitrogens with zero attached hydrogens (tertiary/aromatic N) is 3. The Morgan fingerprint density at radius 2 is 2.05 bits per heavy atom. The van der Waals surface area contributed by atoms with Gasteiger partial charge in [0.2, 0.25) is 11.8 Å². The number of pyridine rings is 1. The van der Waals surface area contributed by atoms with Crippen molar-refractivity contribution in [1.82, 2.24) is 15.2 Å². The maximum Gasteiger partial charge on any atom is 0.239 e. The molecule has 0 saturated carbocycles. The van der Waals surface area contributed by atoms with E-state index in [0.717, 1.165) is 30.9 Å². The van der Waals surface area contributed by atoms with Gasteiger partial charge in [-0.05, 0) is 37.0 Å². The minimum atomic E-state index is -0.102. The maximum atomic E-state index is 11.9. The van der Waals surface area contributed by atoms with Crippen molar-refractivity contribution in [2.24, 2.45) is 0 Å². The van der Waals surface area contributed by atoms with Crippen LogP contribution in [0.3, 0.4) is 0 Å². The number of nitrogens with one attached hydrogen (secondary N) is 1. The van der Waals surface area contributed by atoms with Crippen LogP contribution in [0.25, 0.3) is 0 Å².